The number of hydrogen-bond donors (Lipinski definition) is 3. The van der Waals surface area contributed by atoms with Gasteiger partial charge in [0.15, 0.2) is 9.84 Å². The topological polar surface area (TPSA) is 147 Å². The summed E-state index contributed by atoms with van der Waals surface area (Å²) in [4.78, 5) is 24.2. The average Bonchev–Trinajstić information content (AvgIpc) is 3.38. The second-order valence-electron chi connectivity index (χ2n) is 11.5. The van der Waals surface area contributed by atoms with Crippen molar-refractivity contribution in [2.24, 2.45) is 16.9 Å². The van der Waals surface area contributed by atoms with Gasteiger partial charge in [-0.3, -0.25) is 9.59 Å². The fourth-order valence-electron chi connectivity index (χ4n) is 6.45. The minimum atomic E-state index is -3.49. The molecular weight excluding hydrogens is 511 g/mol. The third kappa shape index (κ3) is 4.82. The van der Waals surface area contributed by atoms with Gasteiger partial charge in [0.05, 0.1) is 34.1 Å². The summed E-state index contributed by atoms with van der Waals surface area (Å²) < 4.78 is 49.4. The van der Waals surface area contributed by atoms with Crippen molar-refractivity contribution in [2.75, 3.05) is 17.6 Å². The van der Waals surface area contributed by atoms with Gasteiger partial charge in [-0.15, -0.1) is 0 Å². The van der Waals surface area contributed by atoms with Crippen LogP contribution in [0.1, 0.15) is 73.3 Å². The van der Waals surface area contributed by atoms with E-state index in [4.69, 9.17) is 16.2 Å². The van der Waals surface area contributed by atoms with Crippen LogP contribution in [0.25, 0.3) is 5.69 Å². The summed E-state index contributed by atoms with van der Waals surface area (Å²) in [7, 11) is -3.49. The van der Waals surface area contributed by atoms with E-state index in [-0.39, 0.29) is 35.7 Å². The number of primary amides is 1. The molecule has 3 aliphatic rings. The zero-order valence-electron chi connectivity index (χ0n) is 21.8. The molecule has 1 aliphatic heterocycles. The zero-order valence-corrected chi connectivity index (χ0v) is 22.6. The summed E-state index contributed by atoms with van der Waals surface area (Å²) in [6.45, 7) is 3.69. The number of esters is 1. The number of nitrogens with one attached hydrogen (secondary N) is 1. The Labute approximate surface area is 222 Å². The molecule has 1 amide bonds. The molecular formula is C27H35FN4O5S. The van der Waals surface area contributed by atoms with Crippen molar-refractivity contribution in [1.29, 1.82) is 0 Å². The van der Waals surface area contributed by atoms with Gasteiger partial charge in [0.1, 0.15) is 11.9 Å². The van der Waals surface area contributed by atoms with Crippen molar-refractivity contribution < 1.29 is 27.1 Å². The van der Waals surface area contributed by atoms with E-state index in [0.29, 0.717) is 61.2 Å². The molecule has 2 aromatic rings. The van der Waals surface area contributed by atoms with E-state index in [0.717, 1.165) is 17.7 Å². The van der Waals surface area contributed by atoms with Crippen molar-refractivity contribution in [1.82, 2.24) is 4.57 Å². The normalized spacial score (nSPS) is 23.4. The van der Waals surface area contributed by atoms with E-state index in [2.05, 4.69) is 5.32 Å². The lowest BCUT2D eigenvalue weighted by Crippen LogP contribution is -2.33. The van der Waals surface area contributed by atoms with Gasteiger partial charge < -0.3 is 26.1 Å². The predicted octanol–water partition coefficient (Wildman–Crippen LogP) is 2.79. The maximum atomic E-state index is 15.5. The van der Waals surface area contributed by atoms with Gasteiger partial charge in [-0.1, -0.05) is 13.8 Å². The first-order chi connectivity index (χ1) is 17.9. The van der Waals surface area contributed by atoms with E-state index in [1.165, 1.54) is 6.07 Å². The molecule has 0 spiro atoms. The Balaban J connectivity index is 1.54. The highest BCUT2D eigenvalue weighted by Crippen LogP contribution is 2.45. The third-order valence-electron chi connectivity index (χ3n) is 7.88. The lowest BCUT2D eigenvalue weighted by atomic mass is 9.89. The van der Waals surface area contributed by atoms with Crippen LogP contribution >= 0.6 is 0 Å². The van der Waals surface area contributed by atoms with Gasteiger partial charge in [0, 0.05) is 17.4 Å². The fourth-order valence-corrected chi connectivity index (χ4v) is 8.84. The number of aromatic nitrogens is 1. The summed E-state index contributed by atoms with van der Waals surface area (Å²) >= 11 is 0. The smallest absolute Gasteiger partial charge is 0.319 e. The molecule has 0 radical (unpaired) electrons. The van der Waals surface area contributed by atoms with Crippen LogP contribution in [0.15, 0.2) is 17.0 Å². The fraction of sp³-hybridized carbons (Fsp3) is 0.556. The lowest BCUT2D eigenvalue weighted by molar-refractivity contribution is -0.148. The number of sulfone groups is 1. The molecule has 38 heavy (non-hydrogen) atoms. The summed E-state index contributed by atoms with van der Waals surface area (Å²) in [5, 5.41) is 3.30. The second-order valence-corrected chi connectivity index (χ2v) is 13.4. The highest BCUT2D eigenvalue weighted by Gasteiger charge is 2.42. The Morgan fingerprint density at radius 1 is 1.16 bits per heavy atom. The van der Waals surface area contributed by atoms with Crippen LogP contribution in [0.4, 0.5) is 10.1 Å². The van der Waals surface area contributed by atoms with E-state index in [1.54, 1.807) is 6.07 Å². The summed E-state index contributed by atoms with van der Waals surface area (Å²) in [5.74, 6) is -2.00. The first-order valence-corrected chi connectivity index (χ1v) is 14.8. The van der Waals surface area contributed by atoms with E-state index >= 15 is 4.39 Å². The predicted molar refractivity (Wildman–Crippen MR) is 141 cm³/mol. The molecule has 0 bridgehead atoms. The number of benzene rings is 1. The first-order valence-electron chi connectivity index (χ1n) is 13.2. The van der Waals surface area contributed by atoms with Gasteiger partial charge in [-0.05, 0) is 74.5 Å². The van der Waals surface area contributed by atoms with Crippen LogP contribution in [-0.2, 0) is 38.6 Å². The SMILES string of the molecule is CC1(C)Cc2c(c3c(n2-c2cc(F)c(C(N)=O)c(N[C@H]4CC[C@H](OC(=O)CN)CC4)c2)CCC3)S(=O)(=O)C1. The van der Waals surface area contributed by atoms with Crippen molar-refractivity contribution in [3.05, 3.63) is 40.5 Å². The maximum absolute atomic E-state index is 15.5. The zero-order chi connectivity index (χ0) is 27.4. The number of nitrogens with zero attached hydrogens (tertiary/aromatic N) is 1. The summed E-state index contributed by atoms with van der Waals surface area (Å²) in [6, 6.07) is 2.90. The molecule has 0 unspecified atom stereocenters. The lowest BCUT2D eigenvalue weighted by Gasteiger charge is -2.31. The first kappa shape index (κ1) is 26.7. The Kier molecular flexibility index (Phi) is 6.79. The highest BCUT2D eigenvalue weighted by molar-refractivity contribution is 7.91. The number of fused-ring (bicyclic) bond motifs is 3. The van der Waals surface area contributed by atoms with Crippen molar-refractivity contribution in [3.8, 4) is 5.69 Å². The van der Waals surface area contributed by atoms with Gasteiger partial charge in [-0.2, -0.15) is 0 Å². The van der Waals surface area contributed by atoms with E-state index in [1.807, 2.05) is 18.4 Å². The molecule has 0 atom stereocenters. The maximum Gasteiger partial charge on any atom is 0.319 e. The molecule has 1 aromatic carbocycles. The molecule has 2 heterocycles. The number of rotatable bonds is 6. The number of hydrogen-bond acceptors (Lipinski definition) is 7. The molecule has 1 saturated carbocycles. The number of halogens is 1. The standard InChI is InChI=1S/C27H35FN4O5S/c1-27(2)12-22-25(38(35,36)14-27)18-4-3-5-21(18)32(22)16-10-19(28)24(26(30)34)20(11-16)31-15-6-8-17(9-7-15)37-23(33)13-29/h10-11,15,17,31H,3-9,12-14,29H2,1-2H3,(H2,30,34)/t15-,17-. The minimum absolute atomic E-state index is 0.0779. The van der Waals surface area contributed by atoms with Crippen molar-refractivity contribution >= 4 is 27.4 Å². The van der Waals surface area contributed by atoms with Gasteiger partial charge in [0.2, 0.25) is 0 Å². The summed E-state index contributed by atoms with van der Waals surface area (Å²) in [5.41, 5.74) is 13.4. The van der Waals surface area contributed by atoms with Crippen LogP contribution in [0, 0.1) is 11.2 Å². The summed E-state index contributed by atoms with van der Waals surface area (Å²) in [6.07, 6.45) is 5.06. The Hall–Kier alpha value is -2.92. The molecule has 5 rings (SSSR count). The van der Waals surface area contributed by atoms with Crippen LogP contribution in [0.5, 0.6) is 0 Å². The number of carbonyl (C=O) groups excluding carboxylic acids is 2. The second kappa shape index (κ2) is 9.68. The molecule has 2 aliphatic carbocycles. The van der Waals surface area contributed by atoms with E-state index in [9.17, 15) is 18.0 Å². The number of ether oxygens (including phenoxy) is 1. The monoisotopic (exact) mass is 546 g/mol. The molecule has 11 heteroatoms. The molecule has 0 saturated heterocycles. The van der Waals surface area contributed by atoms with Crippen LogP contribution in [-0.4, -0.2) is 49.3 Å². The number of anilines is 1. The molecule has 1 fully saturated rings. The largest absolute Gasteiger partial charge is 0.461 e. The van der Waals surface area contributed by atoms with Gasteiger partial charge >= 0.3 is 5.97 Å². The highest BCUT2D eigenvalue weighted by atomic mass is 32.2. The Morgan fingerprint density at radius 3 is 2.53 bits per heavy atom. The van der Waals surface area contributed by atoms with Gasteiger partial charge in [0.25, 0.3) is 5.91 Å². The number of amides is 1. The number of nitrogens with two attached hydrogens (primary N) is 2. The molecule has 9 nitrogen and oxygen atoms in total. The van der Waals surface area contributed by atoms with Crippen LogP contribution in [0.2, 0.25) is 0 Å². The van der Waals surface area contributed by atoms with Crippen LogP contribution in [0.3, 0.4) is 0 Å². The van der Waals surface area contributed by atoms with Crippen molar-refractivity contribution in [2.45, 2.75) is 82.3 Å². The quantitative estimate of drug-likeness (QED) is 0.472. The molecule has 5 N–H and O–H groups in total. The van der Waals surface area contributed by atoms with Gasteiger partial charge in [-0.25, -0.2) is 12.8 Å². The Bertz CT molecular complexity index is 1410. The Morgan fingerprint density at radius 2 is 1.87 bits per heavy atom. The van der Waals surface area contributed by atoms with Crippen molar-refractivity contribution in [3.63, 3.8) is 0 Å². The number of carbonyl (C=O) groups is 2. The average molecular weight is 547 g/mol. The van der Waals surface area contributed by atoms with E-state index < -0.39 is 32.9 Å². The third-order valence-corrected chi connectivity index (χ3v) is 10.1. The molecule has 206 valence electrons. The minimum Gasteiger partial charge on any atom is -0.461 e. The van der Waals surface area contributed by atoms with Crippen LogP contribution < -0.4 is 16.8 Å². The molecule has 1 aromatic heterocycles.